The Bertz CT molecular complexity index is 291. The van der Waals surface area contributed by atoms with Crippen molar-refractivity contribution in [2.75, 3.05) is 19.8 Å². The fraction of sp³-hybridized carbons (Fsp3) is 0.833. The normalized spacial score (nSPS) is 13.2. The maximum absolute atomic E-state index is 11.1. The first-order chi connectivity index (χ1) is 9.40. The van der Waals surface area contributed by atoms with Crippen molar-refractivity contribution in [3.8, 4) is 0 Å². The summed E-state index contributed by atoms with van der Waals surface area (Å²) in [6.07, 6.45) is -0.252. The molecule has 1 atom stereocenters. The summed E-state index contributed by atoms with van der Waals surface area (Å²) in [5.74, 6) is -3.21. The molecule has 0 aliphatic carbocycles. The van der Waals surface area contributed by atoms with Crippen molar-refractivity contribution >= 4 is 20.7 Å². The monoisotopic (exact) mass is 308 g/mol. The molecule has 0 spiro atoms. The summed E-state index contributed by atoms with van der Waals surface area (Å²) >= 11 is 0. The molecule has 1 unspecified atom stereocenters. The van der Waals surface area contributed by atoms with Gasteiger partial charge in [0.25, 0.3) is 0 Å². The second-order valence-electron chi connectivity index (χ2n) is 4.15. The van der Waals surface area contributed by atoms with Gasteiger partial charge < -0.3 is 23.5 Å². The molecule has 0 saturated heterocycles. The Hall–Kier alpha value is -0.963. The van der Waals surface area contributed by atoms with Crippen molar-refractivity contribution < 1.29 is 33.1 Å². The molecular formula is C12H24O7Si. The highest BCUT2D eigenvalue weighted by molar-refractivity contribution is 6.60. The topological polar surface area (TPSA) is 102 Å². The SMILES string of the molecule is CCO[Si](CCC(CC(=O)O)C(=O)O)(OCC)OCC. The Morgan fingerprint density at radius 3 is 1.75 bits per heavy atom. The van der Waals surface area contributed by atoms with E-state index >= 15 is 0 Å². The van der Waals surface area contributed by atoms with Crippen molar-refractivity contribution in [3.05, 3.63) is 0 Å². The van der Waals surface area contributed by atoms with E-state index in [1.54, 1.807) is 0 Å². The summed E-state index contributed by atoms with van der Waals surface area (Å²) in [5.41, 5.74) is 0. The molecule has 2 N–H and O–H groups in total. The minimum absolute atomic E-state index is 0.161. The Balaban J connectivity index is 4.76. The van der Waals surface area contributed by atoms with Gasteiger partial charge in [0.1, 0.15) is 0 Å². The number of hydrogen-bond donors (Lipinski definition) is 2. The molecule has 0 fully saturated rings. The van der Waals surface area contributed by atoms with E-state index in [1.807, 2.05) is 20.8 Å². The van der Waals surface area contributed by atoms with Crippen LogP contribution in [-0.2, 0) is 22.9 Å². The van der Waals surface area contributed by atoms with Crippen molar-refractivity contribution in [2.24, 2.45) is 5.92 Å². The van der Waals surface area contributed by atoms with Crippen molar-refractivity contribution in [1.29, 1.82) is 0 Å². The average Bonchev–Trinajstić information content (AvgIpc) is 2.34. The summed E-state index contributed by atoms with van der Waals surface area (Å²) in [5, 5.41) is 17.8. The van der Waals surface area contributed by atoms with Crippen LogP contribution in [0.25, 0.3) is 0 Å². The Kier molecular flexibility index (Phi) is 9.39. The second-order valence-corrected chi connectivity index (χ2v) is 6.89. The molecule has 0 aromatic rings. The van der Waals surface area contributed by atoms with Crippen LogP contribution in [0.1, 0.15) is 33.6 Å². The molecule has 118 valence electrons. The Labute approximate surface area is 120 Å². The van der Waals surface area contributed by atoms with Crippen molar-refractivity contribution in [1.82, 2.24) is 0 Å². The molecule has 0 aromatic heterocycles. The highest BCUT2D eigenvalue weighted by atomic mass is 28.4. The fourth-order valence-electron chi connectivity index (χ4n) is 1.88. The molecule has 0 saturated carbocycles. The maximum atomic E-state index is 11.1. The van der Waals surface area contributed by atoms with Crippen molar-refractivity contribution in [2.45, 2.75) is 39.7 Å². The summed E-state index contributed by atoms with van der Waals surface area (Å²) < 4.78 is 16.8. The third-order valence-electron chi connectivity index (χ3n) is 2.66. The quantitative estimate of drug-likeness (QED) is 0.528. The maximum Gasteiger partial charge on any atom is 0.500 e. The van der Waals surface area contributed by atoms with Gasteiger partial charge in [-0.2, -0.15) is 0 Å². The lowest BCUT2D eigenvalue weighted by Crippen LogP contribution is -2.46. The standard InChI is InChI=1S/C12H24O7Si/c1-4-17-20(18-5-2,19-6-3)8-7-10(12(15)16)9-11(13)14/h10H,4-9H2,1-3H3,(H,13,14)(H,15,16). The molecule has 8 heteroatoms. The smallest absolute Gasteiger partial charge is 0.481 e. The number of carbonyl (C=O) groups is 2. The van der Waals surface area contributed by atoms with E-state index in [0.29, 0.717) is 25.9 Å². The van der Waals surface area contributed by atoms with Crippen LogP contribution >= 0.6 is 0 Å². The van der Waals surface area contributed by atoms with E-state index in [9.17, 15) is 9.59 Å². The molecule has 0 aliphatic rings. The first kappa shape index (κ1) is 19.0. The van der Waals surface area contributed by atoms with E-state index in [0.717, 1.165) is 0 Å². The molecule has 0 bridgehead atoms. The van der Waals surface area contributed by atoms with E-state index in [-0.39, 0.29) is 6.42 Å². The minimum atomic E-state index is -2.91. The molecule has 0 aliphatic heterocycles. The van der Waals surface area contributed by atoms with Gasteiger partial charge in [0, 0.05) is 25.9 Å². The van der Waals surface area contributed by atoms with Gasteiger partial charge in [-0.15, -0.1) is 0 Å². The molecule has 0 aromatic carbocycles. The molecule has 0 radical (unpaired) electrons. The molecule has 7 nitrogen and oxygen atoms in total. The Morgan fingerprint density at radius 2 is 1.45 bits per heavy atom. The number of carboxylic acids is 2. The largest absolute Gasteiger partial charge is 0.500 e. The van der Waals surface area contributed by atoms with Crippen LogP contribution in [0, 0.1) is 5.92 Å². The second kappa shape index (κ2) is 9.86. The van der Waals surface area contributed by atoms with Gasteiger partial charge in [-0.25, -0.2) is 0 Å². The predicted octanol–water partition coefficient (Wildman–Crippen LogP) is 1.60. The van der Waals surface area contributed by atoms with Crippen LogP contribution in [0.4, 0.5) is 0 Å². The number of carboxylic acid groups (broad SMARTS) is 2. The molecule has 0 heterocycles. The molecule has 0 rings (SSSR count). The van der Waals surface area contributed by atoms with Gasteiger partial charge in [0.05, 0.1) is 12.3 Å². The van der Waals surface area contributed by atoms with E-state index in [4.69, 9.17) is 23.5 Å². The molecule has 20 heavy (non-hydrogen) atoms. The lowest BCUT2D eigenvalue weighted by Gasteiger charge is -2.29. The summed E-state index contributed by atoms with van der Waals surface area (Å²) in [6, 6.07) is 0.298. The first-order valence-corrected chi connectivity index (χ1v) is 8.70. The lowest BCUT2D eigenvalue weighted by atomic mass is 10.0. The van der Waals surface area contributed by atoms with Gasteiger partial charge >= 0.3 is 20.7 Å². The molecule has 0 amide bonds. The molecular weight excluding hydrogens is 284 g/mol. The van der Waals surface area contributed by atoms with E-state index < -0.39 is 33.1 Å². The van der Waals surface area contributed by atoms with Gasteiger partial charge in [-0.1, -0.05) is 0 Å². The third-order valence-corrected chi connectivity index (χ3v) is 5.75. The van der Waals surface area contributed by atoms with Gasteiger partial charge in [-0.05, 0) is 27.2 Å². The van der Waals surface area contributed by atoms with Gasteiger partial charge in [0.2, 0.25) is 0 Å². The number of rotatable bonds is 12. The van der Waals surface area contributed by atoms with Gasteiger partial charge in [0.15, 0.2) is 0 Å². The zero-order chi connectivity index (χ0) is 15.6. The van der Waals surface area contributed by atoms with Crippen LogP contribution in [-0.4, -0.2) is 50.8 Å². The van der Waals surface area contributed by atoms with Crippen LogP contribution in [0.15, 0.2) is 0 Å². The third kappa shape index (κ3) is 6.99. The lowest BCUT2D eigenvalue weighted by molar-refractivity contribution is -0.148. The van der Waals surface area contributed by atoms with Gasteiger partial charge in [-0.3, -0.25) is 9.59 Å². The van der Waals surface area contributed by atoms with Crippen LogP contribution in [0.2, 0.25) is 6.04 Å². The van der Waals surface area contributed by atoms with Crippen LogP contribution in [0.3, 0.4) is 0 Å². The summed E-state index contributed by atoms with van der Waals surface area (Å²) in [4.78, 5) is 21.7. The van der Waals surface area contributed by atoms with E-state index in [1.165, 1.54) is 0 Å². The van der Waals surface area contributed by atoms with Crippen LogP contribution < -0.4 is 0 Å². The minimum Gasteiger partial charge on any atom is -0.481 e. The van der Waals surface area contributed by atoms with E-state index in [2.05, 4.69) is 0 Å². The summed E-state index contributed by atoms with van der Waals surface area (Å²) in [7, 11) is -2.91. The average molecular weight is 308 g/mol. The number of aliphatic carboxylic acids is 2. The zero-order valence-corrected chi connectivity index (χ0v) is 13.3. The summed E-state index contributed by atoms with van der Waals surface area (Å²) in [6.45, 7) is 6.65. The zero-order valence-electron chi connectivity index (χ0n) is 12.3. The van der Waals surface area contributed by atoms with Crippen molar-refractivity contribution in [3.63, 3.8) is 0 Å². The highest BCUT2D eigenvalue weighted by Crippen LogP contribution is 2.23. The number of hydrogen-bond acceptors (Lipinski definition) is 5. The predicted molar refractivity (Wildman–Crippen MR) is 73.4 cm³/mol. The Morgan fingerprint density at radius 1 is 1.00 bits per heavy atom. The highest BCUT2D eigenvalue weighted by Gasteiger charge is 2.41. The first-order valence-electron chi connectivity index (χ1n) is 6.77. The van der Waals surface area contributed by atoms with Crippen LogP contribution in [0.5, 0.6) is 0 Å². The fourth-order valence-corrected chi connectivity index (χ4v) is 4.58.